The molecule has 0 atom stereocenters. The molecule has 0 N–H and O–H groups in total. The van der Waals surface area contributed by atoms with Gasteiger partial charge in [-0.1, -0.05) is 30.3 Å². The number of carbonyl (C=O) groups is 1. The van der Waals surface area contributed by atoms with E-state index < -0.39 is 0 Å². The Morgan fingerprint density at radius 2 is 2.04 bits per heavy atom. The number of hydrogen-bond acceptors (Lipinski definition) is 6. The molecule has 0 amide bonds. The van der Waals surface area contributed by atoms with E-state index in [-0.39, 0.29) is 23.9 Å². The minimum absolute atomic E-state index is 0.0770. The first kappa shape index (κ1) is 18.8. The zero-order valence-corrected chi connectivity index (χ0v) is 16.7. The van der Waals surface area contributed by atoms with Gasteiger partial charge in [0.15, 0.2) is 22.4 Å². The molecule has 8 heteroatoms. The van der Waals surface area contributed by atoms with E-state index in [0.717, 1.165) is 6.42 Å². The van der Waals surface area contributed by atoms with Crippen LogP contribution in [-0.2, 0) is 6.54 Å². The first-order valence-corrected chi connectivity index (χ1v) is 10.2. The number of fused-ring (bicyclic) bond motifs is 2. The molecule has 1 aromatic heterocycles. The van der Waals surface area contributed by atoms with Crippen molar-refractivity contribution in [1.29, 1.82) is 0 Å². The maximum atomic E-state index is 12.8. The van der Waals surface area contributed by atoms with Gasteiger partial charge in [-0.3, -0.25) is 14.2 Å². The fraction of sp³-hybridized carbons (Fsp3) is 0.250. The minimum atomic E-state index is -0.124. The van der Waals surface area contributed by atoms with Crippen LogP contribution in [0.5, 0.6) is 11.5 Å². The van der Waals surface area contributed by atoms with Crippen LogP contribution in [0.1, 0.15) is 23.7 Å². The van der Waals surface area contributed by atoms with Crippen molar-refractivity contribution >= 4 is 40.0 Å². The summed E-state index contributed by atoms with van der Waals surface area (Å²) in [5, 5.41) is 1.54. The number of thioether (sulfide) groups is 1. The highest BCUT2D eigenvalue weighted by Crippen LogP contribution is 2.33. The van der Waals surface area contributed by atoms with Crippen LogP contribution in [0.15, 0.2) is 46.3 Å². The second kappa shape index (κ2) is 7.85. The van der Waals surface area contributed by atoms with Gasteiger partial charge in [0.1, 0.15) is 0 Å². The zero-order chi connectivity index (χ0) is 19.7. The molecular formula is C20H17ClN2O4S. The number of rotatable bonds is 6. The third kappa shape index (κ3) is 3.59. The number of ether oxygens (including phenoxy) is 2. The highest BCUT2D eigenvalue weighted by molar-refractivity contribution is 7.99. The standard InChI is InChI=1S/C20H17ClN2O4S/c1-2-7-23-19(25)14-5-4-13(21)9-15(14)22-20(23)28-10-16(24)12-3-6-17-18(8-12)27-11-26-17/h3-6,8-9H,2,7,10-11H2,1H3. The smallest absolute Gasteiger partial charge is 0.262 e. The Morgan fingerprint density at radius 3 is 2.86 bits per heavy atom. The molecule has 1 aliphatic heterocycles. The third-order valence-corrected chi connectivity index (χ3v) is 5.57. The highest BCUT2D eigenvalue weighted by Gasteiger charge is 2.18. The molecule has 2 heterocycles. The third-order valence-electron chi connectivity index (χ3n) is 4.36. The van der Waals surface area contributed by atoms with Crippen molar-refractivity contribution in [2.45, 2.75) is 25.0 Å². The van der Waals surface area contributed by atoms with Gasteiger partial charge in [0, 0.05) is 17.1 Å². The average Bonchev–Trinajstić information content (AvgIpc) is 3.16. The van der Waals surface area contributed by atoms with Gasteiger partial charge in [-0.25, -0.2) is 4.98 Å². The number of aromatic nitrogens is 2. The van der Waals surface area contributed by atoms with Crippen LogP contribution in [0.2, 0.25) is 5.02 Å². The van der Waals surface area contributed by atoms with Crippen LogP contribution >= 0.6 is 23.4 Å². The Balaban J connectivity index is 1.62. The summed E-state index contributed by atoms with van der Waals surface area (Å²) < 4.78 is 12.2. The zero-order valence-electron chi connectivity index (χ0n) is 15.1. The van der Waals surface area contributed by atoms with Gasteiger partial charge in [-0.15, -0.1) is 0 Å². The van der Waals surface area contributed by atoms with E-state index in [2.05, 4.69) is 4.98 Å². The van der Waals surface area contributed by atoms with Crippen molar-refractivity contribution in [3.05, 3.63) is 57.3 Å². The number of halogens is 1. The maximum Gasteiger partial charge on any atom is 0.262 e. The fourth-order valence-electron chi connectivity index (χ4n) is 2.99. The van der Waals surface area contributed by atoms with Crippen LogP contribution in [-0.4, -0.2) is 27.9 Å². The molecule has 3 aromatic rings. The van der Waals surface area contributed by atoms with E-state index in [1.807, 2.05) is 6.92 Å². The normalized spacial score (nSPS) is 12.5. The lowest BCUT2D eigenvalue weighted by Gasteiger charge is -2.12. The lowest BCUT2D eigenvalue weighted by atomic mass is 10.1. The van der Waals surface area contributed by atoms with E-state index in [1.54, 1.807) is 41.0 Å². The number of nitrogens with zero attached hydrogens (tertiary/aromatic N) is 2. The molecule has 0 fully saturated rings. The molecule has 0 unspecified atom stereocenters. The van der Waals surface area contributed by atoms with Gasteiger partial charge in [-0.2, -0.15) is 0 Å². The lowest BCUT2D eigenvalue weighted by Crippen LogP contribution is -2.23. The summed E-state index contributed by atoms with van der Waals surface area (Å²) in [6.07, 6.45) is 0.782. The van der Waals surface area contributed by atoms with Crippen molar-refractivity contribution in [2.75, 3.05) is 12.5 Å². The Morgan fingerprint density at radius 1 is 1.21 bits per heavy atom. The topological polar surface area (TPSA) is 70.4 Å². The molecule has 28 heavy (non-hydrogen) atoms. The van der Waals surface area contributed by atoms with Crippen LogP contribution in [0.4, 0.5) is 0 Å². The Labute approximate surface area is 170 Å². The molecule has 4 rings (SSSR count). The summed E-state index contributed by atoms with van der Waals surface area (Å²) in [6.45, 7) is 2.68. The van der Waals surface area contributed by atoms with Crippen molar-refractivity contribution < 1.29 is 14.3 Å². The van der Waals surface area contributed by atoms with Crippen molar-refractivity contribution in [2.24, 2.45) is 0 Å². The number of carbonyl (C=O) groups excluding carboxylic acids is 1. The van der Waals surface area contributed by atoms with Gasteiger partial charge >= 0.3 is 0 Å². The van der Waals surface area contributed by atoms with Crippen molar-refractivity contribution in [3.8, 4) is 11.5 Å². The van der Waals surface area contributed by atoms with Gasteiger partial charge in [0.05, 0.1) is 16.7 Å². The molecule has 1 aliphatic rings. The van der Waals surface area contributed by atoms with Crippen LogP contribution in [0, 0.1) is 0 Å². The van der Waals surface area contributed by atoms with Crippen molar-refractivity contribution in [3.63, 3.8) is 0 Å². The van der Waals surface area contributed by atoms with Gasteiger partial charge in [0.2, 0.25) is 6.79 Å². The summed E-state index contributed by atoms with van der Waals surface area (Å²) in [5.41, 5.74) is 0.939. The molecule has 0 saturated heterocycles. The van der Waals surface area contributed by atoms with Crippen LogP contribution < -0.4 is 15.0 Å². The number of hydrogen-bond donors (Lipinski definition) is 0. The Kier molecular flexibility index (Phi) is 5.28. The number of Topliss-reactive ketones (excluding diaryl/α,β-unsaturated/α-hetero) is 1. The Hall–Kier alpha value is -2.51. The molecule has 144 valence electrons. The molecule has 0 aliphatic carbocycles. The maximum absolute atomic E-state index is 12.8. The summed E-state index contributed by atoms with van der Waals surface area (Å²) >= 11 is 7.29. The lowest BCUT2D eigenvalue weighted by molar-refractivity contribution is 0.102. The molecule has 0 saturated carbocycles. The van der Waals surface area contributed by atoms with E-state index in [9.17, 15) is 9.59 Å². The highest BCUT2D eigenvalue weighted by atomic mass is 35.5. The van der Waals surface area contributed by atoms with E-state index in [1.165, 1.54) is 11.8 Å². The van der Waals surface area contributed by atoms with Gasteiger partial charge in [-0.05, 0) is 42.8 Å². The average molecular weight is 417 g/mol. The van der Waals surface area contributed by atoms with Crippen LogP contribution in [0.25, 0.3) is 10.9 Å². The SMILES string of the molecule is CCCn1c(SCC(=O)c2ccc3c(c2)OCO3)nc2cc(Cl)ccc2c1=O. The quantitative estimate of drug-likeness (QED) is 0.341. The van der Waals surface area contributed by atoms with E-state index in [4.69, 9.17) is 21.1 Å². The molecular weight excluding hydrogens is 400 g/mol. The number of ketones is 1. The summed E-state index contributed by atoms with van der Waals surface area (Å²) in [4.78, 5) is 30.1. The monoisotopic (exact) mass is 416 g/mol. The molecule has 0 bridgehead atoms. The van der Waals surface area contributed by atoms with Crippen LogP contribution in [0.3, 0.4) is 0 Å². The predicted octanol–water partition coefficient (Wildman–Crippen LogP) is 4.16. The largest absolute Gasteiger partial charge is 0.454 e. The number of benzene rings is 2. The summed E-state index contributed by atoms with van der Waals surface area (Å²) in [6, 6.07) is 10.1. The second-order valence-electron chi connectivity index (χ2n) is 6.29. The Bertz CT molecular complexity index is 1130. The van der Waals surface area contributed by atoms with Crippen molar-refractivity contribution in [1.82, 2.24) is 9.55 Å². The van der Waals surface area contributed by atoms with Gasteiger partial charge in [0.25, 0.3) is 5.56 Å². The van der Waals surface area contributed by atoms with E-state index >= 15 is 0 Å². The molecule has 2 aromatic carbocycles. The molecule has 0 radical (unpaired) electrons. The predicted molar refractivity (Wildman–Crippen MR) is 109 cm³/mol. The molecule has 0 spiro atoms. The minimum Gasteiger partial charge on any atom is -0.454 e. The first-order chi connectivity index (χ1) is 13.6. The van der Waals surface area contributed by atoms with E-state index in [0.29, 0.717) is 44.7 Å². The fourth-order valence-corrected chi connectivity index (χ4v) is 4.07. The second-order valence-corrected chi connectivity index (χ2v) is 7.67. The van der Waals surface area contributed by atoms with Gasteiger partial charge < -0.3 is 9.47 Å². The molecule has 6 nitrogen and oxygen atoms in total. The summed E-state index contributed by atoms with van der Waals surface area (Å²) in [5.74, 6) is 1.28. The summed E-state index contributed by atoms with van der Waals surface area (Å²) in [7, 11) is 0. The first-order valence-electron chi connectivity index (χ1n) is 8.82.